The van der Waals surface area contributed by atoms with Crippen LogP contribution in [0.3, 0.4) is 0 Å². The average molecular weight is 205 g/mol. The molecule has 0 spiro atoms. The Morgan fingerprint density at radius 2 is 2.13 bits per heavy atom. The molecular formula is C12H15NO2. The van der Waals surface area contributed by atoms with Crippen molar-refractivity contribution in [2.75, 3.05) is 20.8 Å². The number of methoxy groups -OCH3 is 2. The minimum atomic E-state index is 0.360. The van der Waals surface area contributed by atoms with E-state index in [2.05, 4.69) is 11.8 Å². The lowest BCUT2D eigenvalue weighted by molar-refractivity contribution is 0.184. The van der Waals surface area contributed by atoms with Gasteiger partial charge in [0.2, 0.25) is 0 Å². The fourth-order valence-electron chi connectivity index (χ4n) is 1.24. The van der Waals surface area contributed by atoms with Gasteiger partial charge in [-0.05, 0) is 23.8 Å². The van der Waals surface area contributed by atoms with Crippen LogP contribution in [0.25, 0.3) is 0 Å². The first-order valence-corrected chi connectivity index (χ1v) is 4.66. The molecule has 0 heterocycles. The highest BCUT2D eigenvalue weighted by Gasteiger charge is 2.01. The molecule has 0 radical (unpaired) electrons. The average Bonchev–Trinajstić information content (AvgIpc) is 2.27. The minimum absolute atomic E-state index is 0.360. The lowest BCUT2D eigenvalue weighted by atomic mass is 10.1. The molecule has 1 rings (SSSR count). The maximum atomic E-state index is 5.33. The molecule has 0 aliphatic rings. The number of benzene rings is 1. The number of hydrogen-bond donors (Lipinski definition) is 1. The number of hydrogen-bond acceptors (Lipinski definition) is 3. The summed E-state index contributed by atoms with van der Waals surface area (Å²) in [6, 6.07) is 5.71. The summed E-state index contributed by atoms with van der Waals surface area (Å²) in [6.45, 7) is 0.879. The number of rotatable bonds is 3. The summed E-state index contributed by atoms with van der Waals surface area (Å²) in [6.07, 6.45) is 0. The van der Waals surface area contributed by atoms with Crippen LogP contribution in [-0.2, 0) is 11.3 Å². The van der Waals surface area contributed by atoms with E-state index < -0.39 is 0 Å². The van der Waals surface area contributed by atoms with Crippen LogP contribution >= 0.6 is 0 Å². The van der Waals surface area contributed by atoms with Gasteiger partial charge >= 0.3 is 0 Å². The van der Waals surface area contributed by atoms with Crippen molar-refractivity contribution in [1.82, 2.24) is 0 Å². The van der Waals surface area contributed by atoms with Crippen molar-refractivity contribution in [3.05, 3.63) is 29.3 Å². The van der Waals surface area contributed by atoms with Gasteiger partial charge < -0.3 is 15.2 Å². The lowest BCUT2D eigenvalue weighted by Crippen LogP contribution is -1.96. The van der Waals surface area contributed by atoms with Crippen molar-refractivity contribution in [3.8, 4) is 17.6 Å². The third-order valence-corrected chi connectivity index (χ3v) is 1.94. The van der Waals surface area contributed by atoms with Crippen LogP contribution in [0.5, 0.6) is 5.75 Å². The Labute approximate surface area is 90.2 Å². The highest BCUT2D eigenvalue weighted by atomic mass is 16.5. The number of nitrogens with two attached hydrogens (primary N) is 1. The Hall–Kier alpha value is -1.50. The summed E-state index contributed by atoms with van der Waals surface area (Å²) < 4.78 is 10.2. The van der Waals surface area contributed by atoms with E-state index in [1.165, 1.54) is 0 Å². The fourth-order valence-corrected chi connectivity index (χ4v) is 1.24. The lowest BCUT2D eigenvalue weighted by Gasteiger charge is -2.06. The molecule has 3 heteroatoms. The zero-order chi connectivity index (χ0) is 11.1. The summed E-state index contributed by atoms with van der Waals surface area (Å²) in [5, 5.41) is 0. The maximum Gasteiger partial charge on any atom is 0.119 e. The van der Waals surface area contributed by atoms with Gasteiger partial charge in [0, 0.05) is 12.7 Å². The second kappa shape index (κ2) is 6.07. The molecule has 80 valence electrons. The highest BCUT2D eigenvalue weighted by molar-refractivity contribution is 5.45. The van der Waals surface area contributed by atoms with Crippen LogP contribution in [0.4, 0.5) is 0 Å². The van der Waals surface area contributed by atoms with Gasteiger partial charge in [0.1, 0.15) is 5.75 Å². The predicted octanol–water partition coefficient (Wildman–Crippen LogP) is 1.15. The number of ether oxygens (including phenoxy) is 2. The predicted molar refractivity (Wildman–Crippen MR) is 59.6 cm³/mol. The quantitative estimate of drug-likeness (QED) is 0.753. The maximum absolute atomic E-state index is 5.33. The Morgan fingerprint density at radius 3 is 2.73 bits per heavy atom. The largest absolute Gasteiger partial charge is 0.497 e. The van der Waals surface area contributed by atoms with E-state index in [0.717, 1.165) is 16.9 Å². The monoisotopic (exact) mass is 205 g/mol. The van der Waals surface area contributed by atoms with E-state index in [1.807, 2.05) is 18.2 Å². The summed E-state index contributed by atoms with van der Waals surface area (Å²) in [5.74, 6) is 6.63. The summed E-state index contributed by atoms with van der Waals surface area (Å²) in [5.41, 5.74) is 7.27. The minimum Gasteiger partial charge on any atom is -0.497 e. The molecule has 0 saturated heterocycles. The Balaban J connectivity index is 3.03. The van der Waals surface area contributed by atoms with Crippen molar-refractivity contribution < 1.29 is 9.47 Å². The van der Waals surface area contributed by atoms with Crippen LogP contribution < -0.4 is 10.5 Å². The van der Waals surface area contributed by atoms with Crippen molar-refractivity contribution in [2.45, 2.75) is 6.61 Å². The second-order valence-corrected chi connectivity index (χ2v) is 2.96. The van der Waals surface area contributed by atoms with E-state index in [-0.39, 0.29) is 0 Å². The van der Waals surface area contributed by atoms with Gasteiger partial charge in [-0.15, -0.1) is 0 Å². The molecule has 1 aromatic rings. The van der Waals surface area contributed by atoms with Gasteiger partial charge in [-0.25, -0.2) is 0 Å². The molecule has 0 aromatic heterocycles. The van der Waals surface area contributed by atoms with Crippen molar-refractivity contribution in [3.63, 3.8) is 0 Å². The molecule has 0 bridgehead atoms. The molecule has 0 atom stereocenters. The Kier molecular flexibility index (Phi) is 4.69. The Morgan fingerprint density at radius 1 is 1.33 bits per heavy atom. The molecule has 0 aliphatic carbocycles. The third kappa shape index (κ3) is 3.28. The molecule has 0 saturated carbocycles. The van der Waals surface area contributed by atoms with E-state index in [4.69, 9.17) is 15.2 Å². The van der Waals surface area contributed by atoms with Crippen molar-refractivity contribution >= 4 is 0 Å². The van der Waals surface area contributed by atoms with E-state index in [1.54, 1.807) is 14.2 Å². The first-order chi connectivity index (χ1) is 7.31. The van der Waals surface area contributed by atoms with E-state index >= 15 is 0 Å². The van der Waals surface area contributed by atoms with Gasteiger partial charge in [0.05, 0.1) is 20.3 Å². The summed E-state index contributed by atoms with van der Waals surface area (Å²) >= 11 is 0. The fraction of sp³-hybridized carbons (Fsp3) is 0.333. The van der Waals surface area contributed by atoms with Crippen molar-refractivity contribution in [2.24, 2.45) is 5.73 Å². The zero-order valence-corrected chi connectivity index (χ0v) is 9.04. The molecule has 15 heavy (non-hydrogen) atoms. The van der Waals surface area contributed by atoms with Gasteiger partial charge in [-0.3, -0.25) is 0 Å². The zero-order valence-electron chi connectivity index (χ0n) is 9.04. The van der Waals surface area contributed by atoms with E-state index in [9.17, 15) is 0 Å². The van der Waals surface area contributed by atoms with Crippen molar-refractivity contribution in [1.29, 1.82) is 0 Å². The summed E-state index contributed by atoms with van der Waals surface area (Å²) in [7, 11) is 3.29. The van der Waals surface area contributed by atoms with Gasteiger partial charge in [-0.2, -0.15) is 0 Å². The molecule has 1 aromatic carbocycles. The molecular weight excluding hydrogens is 190 g/mol. The molecule has 2 N–H and O–H groups in total. The molecule has 0 fully saturated rings. The Bertz CT molecular complexity index is 377. The second-order valence-electron chi connectivity index (χ2n) is 2.96. The van der Waals surface area contributed by atoms with Crippen LogP contribution in [0.2, 0.25) is 0 Å². The normalized spacial score (nSPS) is 9.27. The van der Waals surface area contributed by atoms with Crippen LogP contribution in [0, 0.1) is 11.8 Å². The molecule has 0 aliphatic heterocycles. The van der Waals surface area contributed by atoms with Crippen LogP contribution in [-0.4, -0.2) is 20.8 Å². The smallest absolute Gasteiger partial charge is 0.119 e. The highest BCUT2D eigenvalue weighted by Crippen LogP contribution is 2.17. The van der Waals surface area contributed by atoms with Gasteiger partial charge in [-0.1, -0.05) is 11.8 Å². The molecule has 0 amide bonds. The first-order valence-electron chi connectivity index (χ1n) is 4.66. The van der Waals surface area contributed by atoms with Gasteiger partial charge in [0.25, 0.3) is 0 Å². The standard InChI is InChI=1S/C12H15NO2/c1-14-9-11-8-12(15-2)6-5-10(11)4-3-7-13/h5-6,8H,7,9,13H2,1-2H3. The summed E-state index contributed by atoms with van der Waals surface area (Å²) in [4.78, 5) is 0. The van der Waals surface area contributed by atoms with Crippen LogP contribution in [0.15, 0.2) is 18.2 Å². The van der Waals surface area contributed by atoms with Gasteiger partial charge in [0.15, 0.2) is 0 Å². The van der Waals surface area contributed by atoms with Crippen LogP contribution in [0.1, 0.15) is 11.1 Å². The molecule has 3 nitrogen and oxygen atoms in total. The topological polar surface area (TPSA) is 44.5 Å². The first kappa shape index (κ1) is 11.6. The molecule has 0 unspecified atom stereocenters. The van der Waals surface area contributed by atoms with E-state index in [0.29, 0.717) is 13.2 Å². The third-order valence-electron chi connectivity index (χ3n) is 1.94. The SMILES string of the molecule is COCc1cc(OC)ccc1C#CCN.